The van der Waals surface area contributed by atoms with Gasteiger partial charge in [0.1, 0.15) is 6.04 Å². The minimum absolute atomic E-state index is 0.0315. The van der Waals surface area contributed by atoms with E-state index >= 15 is 0 Å². The Hall–Kier alpha value is -2.62. The lowest BCUT2D eigenvalue weighted by Gasteiger charge is -2.34. The van der Waals surface area contributed by atoms with Gasteiger partial charge in [-0.25, -0.2) is 0 Å². The number of benzene rings is 2. The maximum Gasteiger partial charge on any atom is 0.254 e. The highest BCUT2D eigenvalue weighted by Crippen LogP contribution is 2.43. The summed E-state index contributed by atoms with van der Waals surface area (Å²) in [6.07, 6.45) is 2.96. The Morgan fingerprint density at radius 1 is 0.917 bits per heavy atom. The molecule has 2 aliphatic rings. The van der Waals surface area contributed by atoms with Crippen LogP contribution < -0.4 is 5.32 Å². The predicted molar refractivity (Wildman–Crippen MR) is 92.6 cm³/mol. The quantitative estimate of drug-likeness (QED) is 0.943. The first-order valence-electron chi connectivity index (χ1n) is 8.47. The number of para-hydroxylation sites is 1. The summed E-state index contributed by atoms with van der Waals surface area (Å²) < 4.78 is 0. The minimum Gasteiger partial charge on any atom is -0.324 e. The number of hydrogen-bond donors (Lipinski definition) is 1. The molecule has 0 spiro atoms. The molecule has 1 heterocycles. The molecule has 3 atom stereocenters. The van der Waals surface area contributed by atoms with Crippen molar-refractivity contribution in [3.05, 3.63) is 66.2 Å². The fraction of sp³-hybridized carbons (Fsp3) is 0.300. The van der Waals surface area contributed by atoms with E-state index in [9.17, 15) is 9.59 Å². The second-order valence-corrected chi connectivity index (χ2v) is 6.61. The van der Waals surface area contributed by atoms with Gasteiger partial charge < -0.3 is 10.2 Å². The molecule has 3 unspecified atom stereocenters. The first kappa shape index (κ1) is 14.9. The summed E-state index contributed by atoms with van der Waals surface area (Å²) in [6.45, 7) is 0. The molecule has 24 heavy (non-hydrogen) atoms. The molecule has 2 amide bonds. The van der Waals surface area contributed by atoms with Crippen LogP contribution in [0.3, 0.4) is 0 Å². The molecule has 0 radical (unpaired) electrons. The van der Waals surface area contributed by atoms with Gasteiger partial charge in [0.2, 0.25) is 5.91 Å². The van der Waals surface area contributed by atoms with Gasteiger partial charge in [-0.1, -0.05) is 36.4 Å². The monoisotopic (exact) mass is 320 g/mol. The molecule has 1 aliphatic carbocycles. The Morgan fingerprint density at radius 3 is 2.29 bits per heavy atom. The summed E-state index contributed by atoms with van der Waals surface area (Å²) in [4.78, 5) is 27.6. The standard InChI is InChI=1S/C20H20N2O2/c23-19(21-16-9-5-2-6-10-16)18-15-11-12-17(13-15)22(18)20(24)14-7-3-1-4-8-14/h1-10,15,17-18H,11-13H2,(H,21,23). The van der Waals surface area contributed by atoms with Gasteiger partial charge in [-0.2, -0.15) is 0 Å². The lowest BCUT2D eigenvalue weighted by molar-refractivity contribution is -0.121. The summed E-state index contributed by atoms with van der Waals surface area (Å²) in [5, 5.41) is 2.97. The van der Waals surface area contributed by atoms with Crippen molar-refractivity contribution in [1.29, 1.82) is 0 Å². The van der Waals surface area contributed by atoms with Gasteiger partial charge in [0, 0.05) is 17.3 Å². The SMILES string of the molecule is O=C(Nc1ccccc1)C1C2CCC(C2)N1C(=O)c1ccccc1. The number of carbonyl (C=O) groups is 2. The molecule has 2 aromatic rings. The highest BCUT2D eigenvalue weighted by molar-refractivity contribution is 6.02. The third kappa shape index (κ3) is 2.58. The van der Waals surface area contributed by atoms with Crippen LogP contribution in [0.2, 0.25) is 0 Å². The van der Waals surface area contributed by atoms with Gasteiger partial charge in [-0.05, 0) is 49.4 Å². The van der Waals surface area contributed by atoms with Crippen LogP contribution in [-0.2, 0) is 4.79 Å². The van der Waals surface area contributed by atoms with Crippen molar-refractivity contribution in [3.8, 4) is 0 Å². The zero-order valence-electron chi connectivity index (χ0n) is 13.4. The maximum atomic E-state index is 13.0. The van der Waals surface area contributed by atoms with Crippen molar-refractivity contribution in [2.75, 3.05) is 5.32 Å². The Balaban J connectivity index is 1.58. The van der Waals surface area contributed by atoms with Crippen molar-refractivity contribution < 1.29 is 9.59 Å². The maximum absolute atomic E-state index is 13.0. The fourth-order valence-corrected chi connectivity index (χ4v) is 4.09. The number of hydrogen-bond acceptors (Lipinski definition) is 2. The van der Waals surface area contributed by atoms with Crippen LogP contribution in [0, 0.1) is 5.92 Å². The number of anilines is 1. The predicted octanol–water partition coefficient (Wildman–Crippen LogP) is 3.32. The topological polar surface area (TPSA) is 49.4 Å². The molecule has 2 fully saturated rings. The van der Waals surface area contributed by atoms with Crippen LogP contribution in [0.25, 0.3) is 0 Å². The van der Waals surface area contributed by atoms with Gasteiger partial charge in [0.25, 0.3) is 5.91 Å². The van der Waals surface area contributed by atoms with Gasteiger partial charge in [0.05, 0.1) is 0 Å². The van der Waals surface area contributed by atoms with Crippen LogP contribution in [0.5, 0.6) is 0 Å². The van der Waals surface area contributed by atoms with Gasteiger partial charge in [-0.3, -0.25) is 9.59 Å². The summed E-state index contributed by atoms with van der Waals surface area (Å²) >= 11 is 0. The van der Waals surface area contributed by atoms with E-state index in [1.54, 1.807) is 0 Å². The van der Waals surface area contributed by atoms with E-state index < -0.39 is 0 Å². The Kier molecular flexibility index (Phi) is 3.81. The van der Waals surface area contributed by atoms with Crippen LogP contribution in [0.15, 0.2) is 60.7 Å². The number of nitrogens with one attached hydrogen (secondary N) is 1. The van der Waals surface area contributed by atoms with Crippen molar-refractivity contribution in [2.24, 2.45) is 5.92 Å². The molecule has 4 heteroatoms. The van der Waals surface area contributed by atoms with Crippen molar-refractivity contribution in [2.45, 2.75) is 31.3 Å². The summed E-state index contributed by atoms with van der Waals surface area (Å²) in [5.74, 6) is 0.167. The molecule has 2 aromatic carbocycles. The summed E-state index contributed by atoms with van der Waals surface area (Å²) in [7, 11) is 0. The Bertz CT molecular complexity index is 745. The number of amides is 2. The fourth-order valence-electron chi connectivity index (χ4n) is 4.09. The summed E-state index contributed by atoms with van der Waals surface area (Å²) in [6, 6.07) is 18.5. The molecule has 2 bridgehead atoms. The molecule has 4 rings (SSSR count). The average Bonchev–Trinajstić information content (AvgIpc) is 3.24. The molecular formula is C20H20N2O2. The highest BCUT2D eigenvalue weighted by Gasteiger charge is 2.51. The normalized spacial score (nSPS) is 24.8. The molecule has 1 N–H and O–H groups in total. The van der Waals surface area contributed by atoms with E-state index in [0.717, 1.165) is 24.9 Å². The van der Waals surface area contributed by atoms with E-state index in [1.807, 2.05) is 65.6 Å². The number of carbonyl (C=O) groups excluding carboxylic acids is 2. The van der Waals surface area contributed by atoms with Crippen molar-refractivity contribution >= 4 is 17.5 Å². The molecule has 1 saturated heterocycles. The average molecular weight is 320 g/mol. The highest BCUT2D eigenvalue weighted by atomic mass is 16.2. The number of nitrogens with zero attached hydrogens (tertiary/aromatic N) is 1. The largest absolute Gasteiger partial charge is 0.324 e. The third-order valence-electron chi connectivity index (χ3n) is 5.15. The molecule has 1 saturated carbocycles. The molecule has 122 valence electrons. The zero-order valence-corrected chi connectivity index (χ0v) is 13.4. The van der Waals surface area contributed by atoms with E-state index in [4.69, 9.17) is 0 Å². The number of likely N-dealkylation sites (tertiary alicyclic amines) is 1. The van der Waals surface area contributed by atoms with Crippen LogP contribution >= 0.6 is 0 Å². The molecule has 1 aliphatic heterocycles. The van der Waals surface area contributed by atoms with E-state index in [0.29, 0.717) is 5.56 Å². The lowest BCUT2D eigenvalue weighted by Crippen LogP contribution is -2.50. The summed E-state index contributed by atoms with van der Waals surface area (Å²) in [5.41, 5.74) is 1.43. The zero-order chi connectivity index (χ0) is 16.5. The van der Waals surface area contributed by atoms with Crippen LogP contribution in [-0.4, -0.2) is 28.8 Å². The van der Waals surface area contributed by atoms with Gasteiger partial charge in [-0.15, -0.1) is 0 Å². The minimum atomic E-state index is -0.364. The van der Waals surface area contributed by atoms with Crippen molar-refractivity contribution in [3.63, 3.8) is 0 Å². The van der Waals surface area contributed by atoms with E-state index in [-0.39, 0.29) is 29.8 Å². The number of fused-ring (bicyclic) bond motifs is 2. The van der Waals surface area contributed by atoms with Crippen LogP contribution in [0.1, 0.15) is 29.6 Å². The van der Waals surface area contributed by atoms with Crippen LogP contribution in [0.4, 0.5) is 5.69 Å². The second-order valence-electron chi connectivity index (χ2n) is 6.61. The molecule has 0 aromatic heterocycles. The number of rotatable bonds is 3. The van der Waals surface area contributed by atoms with Crippen molar-refractivity contribution in [1.82, 2.24) is 4.90 Å². The van der Waals surface area contributed by atoms with E-state index in [1.165, 1.54) is 0 Å². The lowest BCUT2D eigenvalue weighted by atomic mass is 9.97. The smallest absolute Gasteiger partial charge is 0.254 e. The molecule has 4 nitrogen and oxygen atoms in total. The third-order valence-corrected chi connectivity index (χ3v) is 5.15. The Morgan fingerprint density at radius 2 is 1.58 bits per heavy atom. The van der Waals surface area contributed by atoms with E-state index in [2.05, 4.69) is 5.32 Å². The number of piperidine rings is 1. The Labute approximate surface area is 141 Å². The first-order chi connectivity index (χ1) is 11.7. The first-order valence-corrected chi connectivity index (χ1v) is 8.47. The van der Waals surface area contributed by atoms with Gasteiger partial charge >= 0.3 is 0 Å². The molecular weight excluding hydrogens is 300 g/mol. The van der Waals surface area contributed by atoms with Gasteiger partial charge in [0.15, 0.2) is 0 Å². The second kappa shape index (κ2) is 6.11.